The number of ether oxygens (including phenoxy) is 1. The van der Waals surface area contributed by atoms with Gasteiger partial charge >= 0.3 is 0 Å². The number of nitrogens with one attached hydrogen (secondary N) is 1. The number of thiophene rings is 1. The van der Waals surface area contributed by atoms with Crippen LogP contribution < -0.4 is 5.32 Å². The van der Waals surface area contributed by atoms with Gasteiger partial charge in [0.2, 0.25) is 0 Å². The zero-order chi connectivity index (χ0) is 12.8. The second kappa shape index (κ2) is 7.49. The van der Waals surface area contributed by atoms with Crippen LogP contribution in [-0.2, 0) is 11.2 Å². The number of rotatable bonds is 6. The third-order valence-electron chi connectivity index (χ3n) is 3.47. The summed E-state index contributed by atoms with van der Waals surface area (Å²) in [4.78, 5) is 1.37. The van der Waals surface area contributed by atoms with Gasteiger partial charge in [-0.15, -0.1) is 11.3 Å². The molecule has 0 spiro atoms. The van der Waals surface area contributed by atoms with E-state index in [-0.39, 0.29) is 0 Å². The van der Waals surface area contributed by atoms with Crippen molar-refractivity contribution in [2.45, 2.75) is 38.6 Å². The average molecular weight is 288 g/mol. The van der Waals surface area contributed by atoms with Crippen molar-refractivity contribution in [1.29, 1.82) is 0 Å². The summed E-state index contributed by atoms with van der Waals surface area (Å²) in [5, 5.41) is 3.68. The minimum Gasteiger partial charge on any atom is -0.381 e. The van der Waals surface area contributed by atoms with Gasteiger partial charge in [0.1, 0.15) is 0 Å². The Morgan fingerprint density at radius 3 is 3.06 bits per heavy atom. The summed E-state index contributed by atoms with van der Waals surface area (Å²) in [6.45, 7) is 5.13. The number of halogens is 1. The minimum atomic E-state index is 0.528. The Labute approximate surface area is 119 Å². The molecular formula is C14H22ClNOS. The van der Waals surface area contributed by atoms with Gasteiger partial charge in [-0.25, -0.2) is 0 Å². The molecule has 18 heavy (non-hydrogen) atoms. The Bertz CT molecular complexity index is 349. The van der Waals surface area contributed by atoms with E-state index in [0.29, 0.717) is 12.0 Å². The number of hydrogen-bond donors (Lipinski definition) is 1. The van der Waals surface area contributed by atoms with Gasteiger partial charge in [0.15, 0.2) is 0 Å². The molecule has 0 amide bonds. The highest BCUT2D eigenvalue weighted by Gasteiger charge is 2.24. The Morgan fingerprint density at radius 2 is 2.44 bits per heavy atom. The molecule has 1 aliphatic heterocycles. The van der Waals surface area contributed by atoms with E-state index >= 15 is 0 Å². The van der Waals surface area contributed by atoms with Crippen molar-refractivity contribution in [3.8, 4) is 0 Å². The molecule has 1 aliphatic rings. The lowest BCUT2D eigenvalue weighted by atomic mass is 9.91. The van der Waals surface area contributed by atoms with Crippen LogP contribution in [0.5, 0.6) is 0 Å². The third-order valence-corrected chi connectivity index (χ3v) is 4.72. The molecule has 0 saturated carbocycles. The van der Waals surface area contributed by atoms with Gasteiger partial charge in [0.25, 0.3) is 0 Å². The molecule has 1 N–H and O–H groups in total. The fourth-order valence-electron chi connectivity index (χ4n) is 2.50. The molecule has 0 aromatic carbocycles. The van der Waals surface area contributed by atoms with Gasteiger partial charge in [0.05, 0.1) is 10.9 Å². The van der Waals surface area contributed by atoms with Gasteiger partial charge in [-0.2, -0.15) is 0 Å². The van der Waals surface area contributed by atoms with E-state index in [1.54, 1.807) is 11.3 Å². The summed E-state index contributed by atoms with van der Waals surface area (Å²) in [6, 6.07) is 4.67. The topological polar surface area (TPSA) is 21.3 Å². The molecule has 1 fully saturated rings. The normalized spacial score (nSPS) is 22.0. The lowest BCUT2D eigenvalue weighted by Gasteiger charge is -2.30. The van der Waals surface area contributed by atoms with Gasteiger partial charge in [0, 0.05) is 17.5 Å². The van der Waals surface area contributed by atoms with Crippen molar-refractivity contribution in [1.82, 2.24) is 5.32 Å². The van der Waals surface area contributed by atoms with Crippen LogP contribution >= 0.6 is 22.9 Å². The van der Waals surface area contributed by atoms with Crippen molar-refractivity contribution >= 4 is 22.9 Å². The largest absolute Gasteiger partial charge is 0.381 e. The van der Waals surface area contributed by atoms with E-state index in [9.17, 15) is 0 Å². The fourth-order valence-corrected chi connectivity index (χ4v) is 3.64. The van der Waals surface area contributed by atoms with E-state index in [2.05, 4.69) is 18.3 Å². The van der Waals surface area contributed by atoms with Crippen LogP contribution in [0.15, 0.2) is 12.1 Å². The van der Waals surface area contributed by atoms with E-state index in [1.807, 2.05) is 6.07 Å². The molecule has 1 aromatic heterocycles. The molecule has 2 rings (SSSR count). The first kappa shape index (κ1) is 14.3. The maximum atomic E-state index is 6.01. The van der Waals surface area contributed by atoms with Gasteiger partial charge in [-0.05, 0) is 50.3 Å². The summed E-state index contributed by atoms with van der Waals surface area (Å²) in [5.41, 5.74) is 0. The van der Waals surface area contributed by atoms with Gasteiger partial charge < -0.3 is 10.1 Å². The molecule has 0 bridgehead atoms. The maximum Gasteiger partial charge on any atom is 0.0931 e. The van der Waals surface area contributed by atoms with Crippen molar-refractivity contribution in [2.75, 3.05) is 19.8 Å². The van der Waals surface area contributed by atoms with Crippen LogP contribution in [0.1, 0.15) is 31.1 Å². The second-order valence-electron chi connectivity index (χ2n) is 4.95. The Balaban J connectivity index is 1.94. The molecule has 2 heterocycles. The molecule has 4 heteroatoms. The van der Waals surface area contributed by atoms with Crippen LogP contribution in [0.2, 0.25) is 4.34 Å². The van der Waals surface area contributed by atoms with Crippen LogP contribution in [0.25, 0.3) is 0 Å². The van der Waals surface area contributed by atoms with Crippen LogP contribution in [0, 0.1) is 5.92 Å². The second-order valence-corrected chi connectivity index (χ2v) is 6.75. The van der Waals surface area contributed by atoms with E-state index < -0.39 is 0 Å². The third kappa shape index (κ3) is 4.23. The summed E-state index contributed by atoms with van der Waals surface area (Å²) in [7, 11) is 0. The summed E-state index contributed by atoms with van der Waals surface area (Å²) in [5.74, 6) is 0.645. The average Bonchev–Trinajstić information content (AvgIpc) is 2.81. The van der Waals surface area contributed by atoms with Gasteiger partial charge in [-0.1, -0.05) is 18.5 Å². The quantitative estimate of drug-likeness (QED) is 0.861. The lowest BCUT2D eigenvalue weighted by molar-refractivity contribution is 0.0394. The predicted molar refractivity (Wildman–Crippen MR) is 78.7 cm³/mol. The molecule has 2 nitrogen and oxygen atoms in total. The molecule has 2 atom stereocenters. The zero-order valence-electron chi connectivity index (χ0n) is 11.0. The first-order valence-corrected chi connectivity index (χ1v) is 8.04. The standard InChI is InChI=1S/C14H22ClNOS/c1-2-7-16-13(11-4-3-8-17-10-11)9-12-5-6-14(15)18-12/h5-6,11,13,16H,2-4,7-10H2,1H3. The van der Waals surface area contributed by atoms with E-state index in [1.165, 1.54) is 24.1 Å². The van der Waals surface area contributed by atoms with E-state index in [0.717, 1.165) is 30.5 Å². The van der Waals surface area contributed by atoms with Crippen molar-refractivity contribution in [2.24, 2.45) is 5.92 Å². The smallest absolute Gasteiger partial charge is 0.0931 e. The molecule has 1 saturated heterocycles. The highest BCUT2D eigenvalue weighted by atomic mass is 35.5. The first-order chi connectivity index (χ1) is 8.79. The first-order valence-electron chi connectivity index (χ1n) is 6.85. The van der Waals surface area contributed by atoms with Crippen LogP contribution in [0.4, 0.5) is 0 Å². The van der Waals surface area contributed by atoms with E-state index in [4.69, 9.17) is 16.3 Å². The molecule has 1 aromatic rings. The Hall–Kier alpha value is -0.0900. The maximum absolute atomic E-state index is 6.01. The fraction of sp³-hybridized carbons (Fsp3) is 0.714. The predicted octanol–water partition coefficient (Wildman–Crippen LogP) is 3.74. The Morgan fingerprint density at radius 1 is 1.56 bits per heavy atom. The molecule has 102 valence electrons. The van der Waals surface area contributed by atoms with Crippen LogP contribution in [0.3, 0.4) is 0 Å². The number of hydrogen-bond acceptors (Lipinski definition) is 3. The lowest BCUT2D eigenvalue weighted by Crippen LogP contribution is -2.42. The zero-order valence-corrected chi connectivity index (χ0v) is 12.5. The summed E-state index contributed by atoms with van der Waals surface area (Å²) < 4.78 is 6.51. The highest BCUT2D eigenvalue weighted by molar-refractivity contribution is 7.16. The SMILES string of the molecule is CCCNC(Cc1ccc(Cl)s1)C1CCCOC1. The molecule has 0 aliphatic carbocycles. The monoisotopic (exact) mass is 287 g/mol. The molecular weight excluding hydrogens is 266 g/mol. The summed E-state index contributed by atoms with van der Waals surface area (Å²) in [6.07, 6.45) is 4.72. The van der Waals surface area contributed by atoms with Crippen molar-refractivity contribution in [3.63, 3.8) is 0 Å². The minimum absolute atomic E-state index is 0.528. The summed E-state index contributed by atoms with van der Waals surface area (Å²) >= 11 is 7.71. The van der Waals surface area contributed by atoms with Crippen molar-refractivity contribution in [3.05, 3.63) is 21.3 Å². The Kier molecular flexibility index (Phi) is 5.96. The van der Waals surface area contributed by atoms with Crippen molar-refractivity contribution < 1.29 is 4.74 Å². The molecule has 0 radical (unpaired) electrons. The van der Waals surface area contributed by atoms with Crippen LogP contribution in [-0.4, -0.2) is 25.8 Å². The molecule has 2 unspecified atom stereocenters. The highest BCUT2D eigenvalue weighted by Crippen LogP contribution is 2.26. The van der Waals surface area contributed by atoms with Gasteiger partial charge in [-0.3, -0.25) is 0 Å².